The SMILES string of the molecule is Cc1ccccc1CNC(C)(C)C(C)(C)O. The van der Waals surface area contributed by atoms with Gasteiger partial charge in [0.05, 0.1) is 5.60 Å². The van der Waals surface area contributed by atoms with Crippen molar-refractivity contribution in [3.8, 4) is 0 Å². The number of benzene rings is 1. The second-order valence-corrected chi connectivity index (χ2v) is 5.46. The van der Waals surface area contributed by atoms with E-state index in [1.54, 1.807) is 0 Å². The average Bonchev–Trinajstić information content (AvgIpc) is 2.15. The van der Waals surface area contributed by atoms with Gasteiger partial charge in [-0.15, -0.1) is 0 Å². The summed E-state index contributed by atoms with van der Waals surface area (Å²) in [5.41, 5.74) is 1.51. The van der Waals surface area contributed by atoms with E-state index in [1.807, 2.05) is 39.8 Å². The average molecular weight is 221 g/mol. The molecule has 1 rings (SSSR count). The minimum Gasteiger partial charge on any atom is -0.389 e. The van der Waals surface area contributed by atoms with Crippen LogP contribution in [-0.2, 0) is 6.54 Å². The van der Waals surface area contributed by atoms with E-state index in [-0.39, 0.29) is 5.54 Å². The lowest BCUT2D eigenvalue weighted by atomic mass is 9.86. The van der Waals surface area contributed by atoms with Crippen molar-refractivity contribution in [2.24, 2.45) is 0 Å². The Kier molecular flexibility index (Phi) is 3.76. The van der Waals surface area contributed by atoms with Crippen molar-refractivity contribution in [3.05, 3.63) is 35.4 Å². The first kappa shape index (κ1) is 13.2. The monoisotopic (exact) mass is 221 g/mol. The van der Waals surface area contributed by atoms with Gasteiger partial charge in [-0.3, -0.25) is 0 Å². The molecule has 0 atom stereocenters. The molecular weight excluding hydrogens is 198 g/mol. The first-order valence-corrected chi connectivity index (χ1v) is 5.76. The van der Waals surface area contributed by atoms with Gasteiger partial charge in [-0.05, 0) is 45.7 Å². The lowest BCUT2D eigenvalue weighted by Crippen LogP contribution is -2.55. The summed E-state index contributed by atoms with van der Waals surface area (Å²) in [6.07, 6.45) is 0. The summed E-state index contributed by atoms with van der Waals surface area (Å²) < 4.78 is 0. The van der Waals surface area contributed by atoms with Crippen LogP contribution in [0.4, 0.5) is 0 Å². The van der Waals surface area contributed by atoms with Gasteiger partial charge >= 0.3 is 0 Å². The molecule has 0 fully saturated rings. The molecule has 0 aliphatic rings. The molecule has 0 bridgehead atoms. The minimum absolute atomic E-state index is 0.310. The van der Waals surface area contributed by atoms with Gasteiger partial charge in [0, 0.05) is 12.1 Å². The first-order chi connectivity index (χ1) is 7.24. The molecule has 0 radical (unpaired) electrons. The molecule has 0 unspecified atom stereocenters. The van der Waals surface area contributed by atoms with Crippen molar-refractivity contribution in [1.29, 1.82) is 0 Å². The van der Waals surface area contributed by atoms with Crippen molar-refractivity contribution in [2.45, 2.75) is 52.3 Å². The smallest absolute Gasteiger partial charge is 0.0767 e. The van der Waals surface area contributed by atoms with Crippen LogP contribution in [0.1, 0.15) is 38.8 Å². The Labute approximate surface area is 98.7 Å². The molecule has 16 heavy (non-hydrogen) atoms. The van der Waals surface area contributed by atoms with Crippen molar-refractivity contribution < 1.29 is 5.11 Å². The fourth-order valence-corrected chi connectivity index (χ4v) is 1.34. The number of hydrogen-bond donors (Lipinski definition) is 2. The number of hydrogen-bond acceptors (Lipinski definition) is 2. The zero-order valence-corrected chi connectivity index (χ0v) is 11.0. The van der Waals surface area contributed by atoms with Crippen LogP contribution >= 0.6 is 0 Å². The lowest BCUT2D eigenvalue weighted by molar-refractivity contribution is -0.00534. The van der Waals surface area contributed by atoms with Gasteiger partial charge in [0.15, 0.2) is 0 Å². The summed E-state index contributed by atoms with van der Waals surface area (Å²) in [7, 11) is 0. The summed E-state index contributed by atoms with van der Waals surface area (Å²) in [4.78, 5) is 0. The topological polar surface area (TPSA) is 32.3 Å². The normalized spacial score (nSPS) is 12.9. The van der Waals surface area contributed by atoms with Crippen LogP contribution < -0.4 is 5.32 Å². The Morgan fingerprint density at radius 3 is 2.19 bits per heavy atom. The predicted octanol–water partition coefficient (Wildman–Crippen LogP) is 2.63. The first-order valence-electron chi connectivity index (χ1n) is 5.76. The Balaban J connectivity index is 2.69. The molecule has 0 aliphatic heterocycles. The summed E-state index contributed by atoms with van der Waals surface area (Å²) in [5, 5.41) is 13.4. The second kappa shape index (κ2) is 4.56. The largest absolute Gasteiger partial charge is 0.389 e. The number of nitrogens with one attached hydrogen (secondary N) is 1. The van der Waals surface area contributed by atoms with Crippen LogP contribution in [0.5, 0.6) is 0 Å². The number of aryl methyl sites for hydroxylation is 1. The second-order valence-electron chi connectivity index (χ2n) is 5.46. The summed E-state index contributed by atoms with van der Waals surface area (Å²) in [6, 6.07) is 8.30. The third-order valence-electron chi connectivity index (χ3n) is 3.51. The molecule has 90 valence electrons. The highest BCUT2D eigenvalue weighted by Crippen LogP contribution is 2.21. The van der Waals surface area contributed by atoms with E-state index >= 15 is 0 Å². The molecule has 0 aromatic heterocycles. The molecule has 0 heterocycles. The highest BCUT2D eigenvalue weighted by atomic mass is 16.3. The third kappa shape index (κ3) is 3.06. The summed E-state index contributed by atoms with van der Waals surface area (Å²) in [5.74, 6) is 0. The van der Waals surface area contributed by atoms with E-state index in [9.17, 15) is 5.11 Å². The molecule has 0 aliphatic carbocycles. The van der Waals surface area contributed by atoms with E-state index in [4.69, 9.17) is 0 Å². The van der Waals surface area contributed by atoms with Crippen molar-refractivity contribution in [2.75, 3.05) is 0 Å². The summed E-state index contributed by atoms with van der Waals surface area (Å²) >= 11 is 0. The molecule has 2 heteroatoms. The van der Waals surface area contributed by atoms with Gasteiger partial charge in [0.2, 0.25) is 0 Å². The molecule has 1 aromatic rings. The molecule has 0 saturated heterocycles. The molecule has 2 N–H and O–H groups in total. The maximum atomic E-state index is 10.0. The quantitative estimate of drug-likeness (QED) is 0.819. The maximum Gasteiger partial charge on any atom is 0.0767 e. The van der Waals surface area contributed by atoms with Gasteiger partial charge in [-0.1, -0.05) is 24.3 Å². The van der Waals surface area contributed by atoms with E-state index in [0.717, 1.165) is 6.54 Å². The van der Waals surface area contributed by atoms with Crippen LogP contribution in [0.2, 0.25) is 0 Å². The van der Waals surface area contributed by atoms with Gasteiger partial charge in [0.25, 0.3) is 0 Å². The van der Waals surface area contributed by atoms with Gasteiger partial charge < -0.3 is 10.4 Å². The lowest BCUT2D eigenvalue weighted by Gasteiger charge is -2.38. The van der Waals surface area contributed by atoms with Crippen LogP contribution in [-0.4, -0.2) is 16.2 Å². The van der Waals surface area contributed by atoms with Crippen molar-refractivity contribution in [1.82, 2.24) is 5.32 Å². The predicted molar refractivity (Wildman–Crippen MR) is 68.4 cm³/mol. The molecule has 0 saturated carbocycles. The third-order valence-corrected chi connectivity index (χ3v) is 3.51. The Bertz CT molecular complexity index is 350. The van der Waals surface area contributed by atoms with Crippen molar-refractivity contribution in [3.63, 3.8) is 0 Å². The maximum absolute atomic E-state index is 10.0. The summed E-state index contributed by atoms with van der Waals surface area (Å²) in [6.45, 7) is 10.6. The van der Waals surface area contributed by atoms with Crippen molar-refractivity contribution >= 4 is 0 Å². The highest BCUT2D eigenvalue weighted by Gasteiger charge is 2.34. The van der Waals surface area contributed by atoms with E-state index < -0.39 is 5.60 Å². The fourth-order valence-electron chi connectivity index (χ4n) is 1.34. The molecule has 0 amide bonds. The zero-order chi connectivity index (χ0) is 12.4. The van der Waals surface area contributed by atoms with E-state index in [2.05, 4.69) is 24.4 Å². The van der Waals surface area contributed by atoms with Crippen LogP contribution in [0.3, 0.4) is 0 Å². The van der Waals surface area contributed by atoms with Crippen LogP contribution in [0, 0.1) is 6.92 Å². The van der Waals surface area contributed by atoms with Gasteiger partial charge in [-0.25, -0.2) is 0 Å². The Morgan fingerprint density at radius 1 is 1.12 bits per heavy atom. The Morgan fingerprint density at radius 2 is 1.69 bits per heavy atom. The number of aliphatic hydroxyl groups is 1. The van der Waals surface area contributed by atoms with Gasteiger partial charge in [-0.2, -0.15) is 0 Å². The molecular formula is C14H23NO. The number of rotatable bonds is 4. The van der Waals surface area contributed by atoms with E-state index in [1.165, 1.54) is 11.1 Å². The molecule has 2 nitrogen and oxygen atoms in total. The van der Waals surface area contributed by atoms with Crippen LogP contribution in [0.25, 0.3) is 0 Å². The molecule has 1 aromatic carbocycles. The standard InChI is InChI=1S/C14H23NO/c1-11-8-6-7-9-12(11)10-15-13(2,3)14(4,5)16/h6-9,15-16H,10H2,1-5H3. The Hall–Kier alpha value is -0.860. The highest BCUT2D eigenvalue weighted by molar-refractivity contribution is 5.25. The zero-order valence-electron chi connectivity index (χ0n) is 11.0. The van der Waals surface area contributed by atoms with Crippen LogP contribution in [0.15, 0.2) is 24.3 Å². The minimum atomic E-state index is -0.740. The molecule has 0 spiro atoms. The van der Waals surface area contributed by atoms with E-state index in [0.29, 0.717) is 0 Å². The van der Waals surface area contributed by atoms with Gasteiger partial charge in [0.1, 0.15) is 0 Å². The fraction of sp³-hybridized carbons (Fsp3) is 0.571.